The molecule has 0 radical (unpaired) electrons. The molecule has 0 aromatic heterocycles. The number of hydrogen-bond acceptors (Lipinski definition) is 3. The zero-order chi connectivity index (χ0) is 11.9. The summed E-state index contributed by atoms with van der Waals surface area (Å²) in [6.07, 6.45) is 5.89. The van der Waals surface area contributed by atoms with Gasteiger partial charge in [0.15, 0.2) is 0 Å². The van der Waals surface area contributed by atoms with E-state index in [0.717, 1.165) is 25.9 Å². The Balaban J connectivity index is 0.00000120. The van der Waals surface area contributed by atoms with E-state index in [1.807, 2.05) is 0 Å². The highest BCUT2D eigenvalue weighted by Crippen LogP contribution is 2.42. The maximum Gasteiger partial charge on any atom is 0.212 e. The van der Waals surface area contributed by atoms with Crippen molar-refractivity contribution in [2.45, 2.75) is 38.1 Å². The summed E-state index contributed by atoms with van der Waals surface area (Å²) in [6, 6.07) is 0.241. The highest BCUT2D eigenvalue weighted by atomic mass is 35.5. The van der Waals surface area contributed by atoms with Crippen LogP contribution in [-0.2, 0) is 10.0 Å². The molecule has 0 spiro atoms. The Morgan fingerprint density at radius 1 is 1.06 bits per heavy atom. The Labute approximate surface area is 116 Å². The lowest BCUT2D eigenvalue weighted by molar-refractivity contribution is 0.383. The molecule has 3 rings (SSSR count). The van der Waals surface area contributed by atoms with Gasteiger partial charge in [0.05, 0.1) is 5.75 Å². The largest absolute Gasteiger partial charge is 0.316 e. The van der Waals surface area contributed by atoms with Gasteiger partial charge in [0.1, 0.15) is 0 Å². The third kappa shape index (κ3) is 3.18. The third-order valence-corrected chi connectivity index (χ3v) is 6.13. The van der Waals surface area contributed by atoms with Crippen molar-refractivity contribution in [2.75, 3.05) is 18.8 Å². The second-order valence-corrected chi connectivity index (χ2v) is 7.71. The molecule has 1 aliphatic heterocycles. The van der Waals surface area contributed by atoms with Crippen LogP contribution in [0.25, 0.3) is 0 Å². The molecule has 0 amide bonds. The summed E-state index contributed by atoms with van der Waals surface area (Å²) in [5.41, 5.74) is 0. The topological polar surface area (TPSA) is 58.2 Å². The van der Waals surface area contributed by atoms with E-state index in [9.17, 15) is 8.42 Å². The SMILES string of the molecule is Cl.O=S(=O)(CC1CCCCC1)NC1C2CNCC21. The van der Waals surface area contributed by atoms with Gasteiger partial charge < -0.3 is 5.32 Å². The second kappa shape index (κ2) is 5.65. The van der Waals surface area contributed by atoms with Gasteiger partial charge in [0.25, 0.3) is 0 Å². The lowest BCUT2D eigenvalue weighted by Gasteiger charge is -2.21. The van der Waals surface area contributed by atoms with Crippen LogP contribution in [0.4, 0.5) is 0 Å². The Morgan fingerprint density at radius 3 is 2.28 bits per heavy atom. The Hall–Kier alpha value is 0.160. The summed E-state index contributed by atoms with van der Waals surface area (Å²) in [4.78, 5) is 0. The molecule has 2 atom stereocenters. The highest BCUT2D eigenvalue weighted by molar-refractivity contribution is 7.89. The molecule has 3 aliphatic rings. The fraction of sp³-hybridized carbons (Fsp3) is 1.00. The monoisotopic (exact) mass is 294 g/mol. The van der Waals surface area contributed by atoms with Crippen molar-refractivity contribution < 1.29 is 8.42 Å². The van der Waals surface area contributed by atoms with Crippen LogP contribution in [0.5, 0.6) is 0 Å². The number of piperidine rings is 1. The van der Waals surface area contributed by atoms with E-state index in [0.29, 0.717) is 23.5 Å². The van der Waals surface area contributed by atoms with Gasteiger partial charge in [-0.1, -0.05) is 19.3 Å². The van der Waals surface area contributed by atoms with Crippen molar-refractivity contribution >= 4 is 22.4 Å². The van der Waals surface area contributed by atoms with E-state index in [1.165, 1.54) is 19.3 Å². The zero-order valence-corrected chi connectivity index (χ0v) is 12.2. The van der Waals surface area contributed by atoms with Gasteiger partial charge in [0.2, 0.25) is 10.0 Å². The third-order valence-electron chi connectivity index (χ3n) is 4.59. The number of fused-ring (bicyclic) bond motifs is 1. The maximum absolute atomic E-state index is 12.0. The minimum atomic E-state index is -3.04. The van der Waals surface area contributed by atoms with Crippen LogP contribution >= 0.6 is 12.4 Å². The molecule has 1 saturated heterocycles. The molecule has 4 nitrogen and oxygen atoms in total. The van der Waals surface area contributed by atoms with Crippen molar-refractivity contribution in [3.63, 3.8) is 0 Å². The number of halogens is 1. The van der Waals surface area contributed by atoms with Crippen LogP contribution in [-0.4, -0.2) is 33.3 Å². The first-order valence-corrected chi connectivity index (χ1v) is 8.52. The summed E-state index contributed by atoms with van der Waals surface area (Å²) in [5.74, 6) is 1.89. The molecular weight excluding hydrogens is 272 g/mol. The predicted molar refractivity (Wildman–Crippen MR) is 74.4 cm³/mol. The molecule has 6 heteroatoms. The van der Waals surface area contributed by atoms with Crippen LogP contribution in [0.15, 0.2) is 0 Å². The minimum Gasteiger partial charge on any atom is -0.316 e. The van der Waals surface area contributed by atoms with Crippen molar-refractivity contribution in [3.8, 4) is 0 Å². The molecule has 2 aliphatic carbocycles. The number of sulfonamides is 1. The smallest absolute Gasteiger partial charge is 0.212 e. The van der Waals surface area contributed by atoms with E-state index < -0.39 is 10.0 Å². The lowest BCUT2D eigenvalue weighted by atomic mass is 9.91. The summed E-state index contributed by atoms with van der Waals surface area (Å²) in [6.45, 7) is 1.97. The fourth-order valence-electron chi connectivity index (χ4n) is 3.51. The summed E-state index contributed by atoms with van der Waals surface area (Å²) in [7, 11) is -3.04. The second-order valence-electron chi connectivity index (χ2n) is 5.92. The van der Waals surface area contributed by atoms with Gasteiger partial charge in [-0.3, -0.25) is 0 Å². The predicted octanol–water partition coefficient (Wildman–Crippen LogP) is 1.13. The van der Waals surface area contributed by atoms with Gasteiger partial charge in [-0.25, -0.2) is 13.1 Å². The molecule has 1 heterocycles. The van der Waals surface area contributed by atoms with Crippen LogP contribution in [0, 0.1) is 17.8 Å². The first kappa shape index (κ1) is 14.6. The van der Waals surface area contributed by atoms with E-state index >= 15 is 0 Å². The lowest BCUT2D eigenvalue weighted by Crippen LogP contribution is -2.36. The van der Waals surface area contributed by atoms with Gasteiger partial charge in [0, 0.05) is 6.04 Å². The highest BCUT2D eigenvalue weighted by Gasteiger charge is 2.54. The normalized spacial score (nSPS) is 35.9. The average Bonchev–Trinajstić information content (AvgIpc) is 2.75. The number of hydrogen-bond donors (Lipinski definition) is 2. The first-order chi connectivity index (χ1) is 8.16. The molecule has 3 fully saturated rings. The number of nitrogens with one attached hydrogen (secondary N) is 2. The Bertz CT molecular complexity index is 362. The van der Waals surface area contributed by atoms with Gasteiger partial charge in [-0.05, 0) is 43.7 Å². The summed E-state index contributed by atoms with van der Waals surface area (Å²) >= 11 is 0. The van der Waals surface area contributed by atoms with E-state index in [1.54, 1.807) is 0 Å². The van der Waals surface area contributed by atoms with Gasteiger partial charge in [-0.2, -0.15) is 0 Å². The van der Waals surface area contributed by atoms with E-state index in [4.69, 9.17) is 0 Å². The molecule has 2 N–H and O–H groups in total. The quantitative estimate of drug-likeness (QED) is 0.817. The Morgan fingerprint density at radius 2 is 1.67 bits per heavy atom. The molecular formula is C12H23ClN2O2S. The molecule has 0 aromatic rings. The first-order valence-electron chi connectivity index (χ1n) is 6.86. The van der Waals surface area contributed by atoms with Crippen LogP contribution in [0.2, 0.25) is 0 Å². The summed E-state index contributed by atoms with van der Waals surface area (Å²) in [5, 5.41) is 3.28. The van der Waals surface area contributed by atoms with Crippen LogP contribution in [0.1, 0.15) is 32.1 Å². The van der Waals surface area contributed by atoms with E-state index in [-0.39, 0.29) is 18.4 Å². The maximum atomic E-state index is 12.0. The molecule has 2 saturated carbocycles. The molecule has 106 valence electrons. The molecule has 2 unspecified atom stereocenters. The van der Waals surface area contributed by atoms with Crippen LogP contribution in [0.3, 0.4) is 0 Å². The van der Waals surface area contributed by atoms with Crippen LogP contribution < -0.4 is 10.0 Å². The Kier molecular flexibility index (Phi) is 4.57. The zero-order valence-electron chi connectivity index (χ0n) is 10.6. The van der Waals surface area contributed by atoms with Gasteiger partial charge in [-0.15, -0.1) is 12.4 Å². The summed E-state index contributed by atoms with van der Waals surface area (Å²) < 4.78 is 27.0. The number of rotatable bonds is 4. The average molecular weight is 295 g/mol. The van der Waals surface area contributed by atoms with Crippen molar-refractivity contribution in [1.29, 1.82) is 0 Å². The molecule has 18 heavy (non-hydrogen) atoms. The van der Waals surface area contributed by atoms with Gasteiger partial charge >= 0.3 is 0 Å². The standard InChI is InChI=1S/C12H22N2O2S.ClH/c15-17(16,8-9-4-2-1-3-5-9)14-12-10-6-13-7-11(10)12;/h9-14H,1-8H2;1H. The van der Waals surface area contributed by atoms with Crippen molar-refractivity contribution in [3.05, 3.63) is 0 Å². The molecule has 0 bridgehead atoms. The van der Waals surface area contributed by atoms with Crippen molar-refractivity contribution in [2.24, 2.45) is 17.8 Å². The molecule has 0 aromatic carbocycles. The van der Waals surface area contributed by atoms with E-state index in [2.05, 4.69) is 10.0 Å². The van der Waals surface area contributed by atoms with Crippen molar-refractivity contribution in [1.82, 2.24) is 10.0 Å². The fourth-order valence-corrected chi connectivity index (χ4v) is 5.33. The minimum absolute atomic E-state index is 0.